The molecule has 0 aliphatic heterocycles. The summed E-state index contributed by atoms with van der Waals surface area (Å²) in [6.07, 6.45) is -4.82. The van der Waals surface area contributed by atoms with Gasteiger partial charge in [-0.1, -0.05) is 12.1 Å². The van der Waals surface area contributed by atoms with Crippen molar-refractivity contribution in [3.63, 3.8) is 0 Å². The first-order valence-corrected chi connectivity index (χ1v) is 7.28. The zero-order valence-electron chi connectivity index (χ0n) is 10.3. The van der Waals surface area contributed by atoms with E-state index in [9.17, 15) is 18.0 Å². The van der Waals surface area contributed by atoms with Gasteiger partial charge in [-0.15, -0.1) is 24.5 Å². The van der Waals surface area contributed by atoms with E-state index in [2.05, 4.69) is 20.7 Å². The molecule has 112 valence electrons. The Morgan fingerprint density at radius 2 is 1.86 bits per heavy atom. The van der Waals surface area contributed by atoms with Crippen molar-refractivity contribution in [3.8, 4) is 11.5 Å². The lowest BCUT2D eigenvalue weighted by molar-refractivity contribution is -0.275. The van der Waals surface area contributed by atoms with Crippen LogP contribution in [0.3, 0.4) is 0 Å². The van der Waals surface area contributed by atoms with E-state index in [4.69, 9.17) is 4.74 Å². The number of benzene rings is 1. The summed E-state index contributed by atoms with van der Waals surface area (Å²) in [6, 6.07) is 7.00. The van der Waals surface area contributed by atoms with Gasteiger partial charge in [-0.25, -0.2) is 0 Å². The molecule has 8 heteroatoms. The molecule has 0 saturated carbocycles. The van der Waals surface area contributed by atoms with Crippen LogP contribution in [0, 0.1) is 0 Å². The van der Waals surface area contributed by atoms with E-state index in [1.54, 1.807) is 11.4 Å². The van der Waals surface area contributed by atoms with Crippen molar-refractivity contribution in [2.75, 3.05) is 6.61 Å². The van der Waals surface area contributed by atoms with Crippen LogP contribution >= 0.6 is 27.3 Å². The molecule has 3 nitrogen and oxygen atoms in total. The van der Waals surface area contributed by atoms with Gasteiger partial charge in [0.05, 0.1) is 4.88 Å². The Bertz CT molecular complexity index is 640. The molecule has 0 bridgehead atoms. The largest absolute Gasteiger partial charge is 0.573 e. The summed E-state index contributed by atoms with van der Waals surface area (Å²) in [5.74, 6) is -0.961. The average Bonchev–Trinajstić information content (AvgIpc) is 2.82. The molecule has 1 aromatic heterocycles. The zero-order valence-corrected chi connectivity index (χ0v) is 12.7. The van der Waals surface area contributed by atoms with Crippen LogP contribution in [-0.2, 0) is 0 Å². The molecule has 0 aliphatic rings. The van der Waals surface area contributed by atoms with Crippen LogP contribution in [0.1, 0.15) is 9.67 Å². The fourth-order valence-corrected chi connectivity index (χ4v) is 3.00. The summed E-state index contributed by atoms with van der Waals surface area (Å²) in [7, 11) is 0. The molecule has 0 amide bonds. The van der Waals surface area contributed by atoms with Gasteiger partial charge in [-0.05, 0) is 39.5 Å². The Balaban J connectivity index is 2.07. The fraction of sp³-hybridized carbons (Fsp3) is 0.154. The first-order chi connectivity index (χ1) is 9.87. The van der Waals surface area contributed by atoms with Gasteiger partial charge in [-0.3, -0.25) is 4.79 Å². The van der Waals surface area contributed by atoms with Crippen molar-refractivity contribution in [3.05, 3.63) is 45.1 Å². The zero-order chi connectivity index (χ0) is 15.5. The van der Waals surface area contributed by atoms with Crippen molar-refractivity contribution < 1.29 is 27.4 Å². The number of carbonyl (C=O) groups excluding carboxylic acids is 1. The topological polar surface area (TPSA) is 35.5 Å². The van der Waals surface area contributed by atoms with Gasteiger partial charge in [0.2, 0.25) is 5.78 Å². The SMILES string of the molecule is O=C(COc1ccccc1OC(F)(F)F)c1sccc1Br. The number of hydrogen-bond donors (Lipinski definition) is 0. The lowest BCUT2D eigenvalue weighted by Gasteiger charge is -2.13. The summed E-state index contributed by atoms with van der Waals surface area (Å²) in [5, 5.41) is 1.72. The molecule has 0 saturated heterocycles. The highest BCUT2D eigenvalue weighted by atomic mass is 79.9. The van der Waals surface area contributed by atoms with E-state index in [0.717, 1.165) is 6.07 Å². The molecule has 21 heavy (non-hydrogen) atoms. The van der Waals surface area contributed by atoms with E-state index in [-0.39, 0.29) is 18.1 Å². The van der Waals surface area contributed by atoms with Crippen LogP contribution < -0.4 is 9.47 Å². The number of ketones is 1. The maximum Gasteiger partial charge on any atom is 0.573 e. The summed E-state index contributed by atoms with van der Waals surface area (Å²) in [4.78, 5) is 12.3. The normalized spacial score (nSPS) is 11.2. The van der Waals surface area contributed by atoms with Crippen LogP contribution in [-0.4, -0.2) is 18.8 Å². The Morgan fingerprint density at radius 3 is 2.43 bits per heavy atom. The molecule has 0 radical (unpaired) electrons. The molecule has 0 N–H and O–H groups in total. The van der Waals surface area contributed by atoms with Gasteiger partial charge in [0.15, 0.2) is 18.1 Å². The molecule has 1 aromatic carbocycles. The summed E-state index contributed by atoms with van der Waals surface area (Å²) < 4.78 is 46.3. The third-order valence-electron chi connectivity index (χ3n) is 2.30. The number of halogens is 4. The van der Waals surface area contributed by atoms with E-state index < -0.39 is 12.1 Å². The highest BCUT2D eigenvalue weighted by Crippen LogP contribution is 2.32. The van der Waals surface area contributed by atoms with Gasteiger partial charge >= 0.3 is 6.36 Å². The highest BCUT2D eigenvalue weighted by molar-refractivity contribution is 9.10. The molecular formula is C13H8BrF3O3S. The minimum atomic E-state index is -4.82. The van der Waals surface area contributed by atoms with Crippen LogP contribution in [0.15, 0.2) is 40.2 Å². The average molecular weight is 381 g/mol. The van der Waals surface area contributed by atoms with E-state index in [1.165, 1.54) is 29.5 Å². The Morgan fingerprint density at radius 1 is 1.19 bits per heavy atom. The van der Waals surface area contributed by atoms with E-state index >= 15 is 0 Å². The molecule has 0 unspecified atom stereocenters. The minimum absolute atomic E-state index is 0.143. The monoisotopic (exact) mass is 380 g/mol. The van der Waals surface area contributed by atoms with E-state index in [0.29, 0.717) is 9.35 Å². The lowest BCUT2D eigenvalue weighted by atomic mass is 10.3. The standard InChI is InChI=1S/C13H8BrF3O3S/c14-8-5-6-21-12(8)9(18)7-19-10-3-1-2-4-11(10)20-13(15,16)17/h1-6H,7H2. The second-order valence-corrected chi connectivity index (χ2v) is 5.57. The first-order valence-electron chi connectivity index (χ1n) is 5.60. The second kappa shape index (κ2) is 6.48. The highest BCUT2D eigenvalue weighted by Gasteiger charge is 2.32. The van der Waals surface area contributed by atoms with E-state index in [1.807, 2.05) is 0 Å². The molecule has 0 atom stereocenters. The fourth-order valence-electron chi connectivity index (χ4n) is 1.48. The molecule has 0 aliphatic carbocycles. The number of alkyl halides is 3. The van der Waals surface area contributed by atoms with Crippen molar-refractivity contribution in [1.29, 1.82) is 0 Å². The summed E-state index contributed by atoms with van der Waals surface area (Å²) >= 11 is 4.43. The number of para-hydroxylation sites is 2. The molecule has 0 spiro atoms. The molecule has 2 aromatic rings. The van der Waals surface area contributed by atoms with Crippen LogP contribution in [0.2, 0.25) is 0 Å². The molecule has 2 rings (SSSR count). The third kappa shape index (κ3) is 4.47. The smallest absolute Gasteiger partial charge is 0.482 e. The quantitative estimate of drug-likeness (QED) is 0.707. The van der Waals surface area contributed by atoms with Crippen molar-refractivity contribution in [2.24, 2.45) is 0 Å². The van der Waals surface area contributed by atoms with Gasteiger partial charge in [0.25, 0.3) is 0 Å². The van der Waals surface area contributed by atoms with Gasteiger partial charge in [-0.2, -0.15) is 0 Å². The summed E-state index contributed by atoms with van der Waals surface area (Å²) in [6.45, 7) is -0.378. The number of thiophene rings is 1. The van der Waals surface area contributed by atoms with Crippen LogP contribution in [0.5, 0.6) is 11.5 Å². The lowest BCUT2D eigenvalue weighted by Crippen LogP contribution is -2.18. The number of ether oxygens (including phenoxy) is 2. The molecular weight excluding hydrogens is 373 g/mol. The Kier molecular flexibility index (Phi) is 4.89. The Labute approximate surface area is 130 Å². The third-order valence-corrected chi connectivity index (χ3v) is 4.18. The van der Waals surface area contributed by atoms with Crippen molar-refractivity contribution in [1.82, 2.24) is 0 Å². The second-order valence-electron chi connectivity index (χ2n) is 3.80. The van der Waals surface area contributed by atoms with Gasteiger partial charge < -0.3 is 9.47 Å². The maximum absolute atomic E-state index is 12.2. The number of rotatable bonds is 5. The summed E-state index contributed by atoms with van der Waals surface area (Å²) in [5.41, 5.74) is 0. The number of Topliss-reactive ketones (excluding diaryl/α,β-unsaturated/α-hetero) is 1. The minimum Gasteiger partial charge on any atom is -0.482 e. The van der Waals surface area contributed by atoms with Gasteiger partial charge in [0.1, 0.15) is 0 Å². The number of hydrogen-bond acceptors (Lipinski definition) is 4. The van der Waals surface area contributed by atoms with Gasteiger partial charge in [0, 0.05) is 4.47 Å². The van der Waals surface area contributed by atoms with Crippen LogP contribution in [0.25, 0.3) is 0 Å². The van der Waals surface area contributed by atoms with Crippen molar-refractivity contribution >= 4 is 33.0 Å². The Hall–Kier alpha value is -1.54. The molecule has 0 fully saturated rings. The molecule has 1 heterocycles. The predicted molar refractivity (Wildman–Crippen MR) is 75.0 cm³/mol. The first kappa shape index (κ1) is 15.8. The van der Waals surface area contributed by atoms with Crippen molar-refractivity contribution in [2.45, 2.75) is 6.36 Å². The number of carbonyl (C=O) groups is 1. The predicted octanol–water partition coefficient (Wildman–Crippen LogP) is 4.67. The van der Waals surface area contributed by atoms with Crippen LogP contribution in [0.4, 0.5) is 13.2 Å². The maximum atomic E-state index is 12.2.